The van der Waals surface area contributed by atoms with Crippen LogP contribution in [-0.4, -0.2) is 16.2 Å². The van der Waals surface area contributed by atoms with Crippen LogP contribution in [0.5, 0.6) is 5.88 Å². The highest BCUT2D eigenvalue weighted by atomic mass is 35.5. The number of rotatable bonds is 3. The van der Waals surface area contributed by atoms with E-state index < -0.39 is 5.97 Å². The van der Waals surface area contributed by atoms with E-state index in [-0.39, 0.29) is 5.88 Å². The number of aryl methyl sites for hydroxylation is 1. The van der Waals surface area contributed by atoms with Gasteiger partial charge in [0.05, 0.1) is 16.3 Å². The fraction of sp³-hybridized carbons (Fsp3) is 0.0556. The fourth-order valence-electron chi connectivity index (χ4n) is 2.03. The minimum absolute atomic E-state index is 0.130. The van der Waals surface area contributed by atoms with Gasteiger partial charge in [0.2, 0.25) is 5.88 Å². The summed E-state index contributed by atoms with van der Waals surface area (Å²) in [7, 11) is 0. The molecule has 3 aromatic rings. The summed E-state index contributed by atoms with van der Waals surface area (Å²) < 4.78 is 5.19. The number of benzene rings is 2. The van der Waals surface area contributed by atoms with Gasteiger partial charge < -0.3 is 4.74 Å². The topological polar surface area (TPSA) is 52.1 Å². The van der Waals surface area contributed by atoms with Crippen LogP contribution in [0.3, 0.4) is 0 Å². The molecule has 4 nitrogen and oxygen atoms in total. The second kappa shape index (κ2) is 6.58. The van der Waals surface area contributed by atoms with Gasteiger partial charge in [-0.05, 0) is 25.1 Å². The van der Waals surface area contributed by atoms with Crippen LogP contribution in [0.15, 0.2) is 60.7 Å². The molecule has 3 rings (SSSR count). The Kier molecular flexibility index (Phi) is 4.35. The fourth-order valence-corrected chi connectivity index (χ4v) is 2.24. The molecule has 114 valence electrons. The van der Waals surface area contributed by atoms with Crippen molar-refractivity contribution in [2.45, 2.75) is 6.92 Å². The van der Waals surface area contributed by atoms with Gasteiger partial charge >= 0.3 is 5.97 Å². The SMILES string of the molecule is Cc1ccc(-c2ccc(OC(=O)c3ccccc3Cl)nn2)cc1. The Bertz CT molecular complexity index is 830. The van der Waals surface area contributed by atoms with Crippen LogP contribution in [0.4, 0.5) is 0 Å². The lowest BCUT2D eigenvalue weighted by molar-refractivity contribution is 0.0726. The predicted molar refractivity (Wildman–Crippen MR) is 88.6 cm³/mol. The Morgan fingerprint density at radius 1 is 0.957 bits per heavy atom. The summed E-state index contributed by atoms with van der Waals surface area (Å²) >= 11 is 5.97. The highest BCUT2D eigenvalue weighted by Crippen LogP contribution is 2.20. The number of halogens is 1. The van der Waals surface area contributed by atoms with Crippen LogP contribution in [0.25, 0.3) is 11.3 Å². The van der Waals surface area contributed by atoms with E-state index in [0.29, 0.717) is 16.3 Å². The van der Waals surface area contributed by atoms with Gasteiger partial charge in [-0.2, -0.15) is 0 Å². The first-order valence-electron chi connectivity index (χ1n) is 7.01. The first-order valence-corrected chi connectivity index (χ1v) is 7.39. The van der Waals surface area contributed by atoms with Gasteiger partial charge in [-0.15, -0.1) is 10.2 Å². The number of carbonyl (C=O) groups excluding carboxylic acids is 1. The molecule has 0 atom stereocenters. The monoisotopic (exact) mass is 324 g/mol. The van der Waals surface area contributed by atoms with E-state index in [9.17, 15) is 4.79 Å². The zero-order chi connectivity index (χ0) is 16.2. The third-order valence-electron chi connectivity index (χ3n) is 3.28. The van der Waals surface area contributed by atoms with Gasteiger partial charge in [-0.1, -0.05) is 53.6 Å². The van der Waals surface area contributed by atoms with Crippen molar-refractivity contribution >= 4 is 17.6 Å². The molecule has 1 aromatic heterocycles. The Labute approximate surface area is 138 Å². The lowest BCUT2D eigenvalue weighted by atomic mass is 10.1. The average Bonchev–Trinajstić information content (AvgIpc) is 2.57. The molecule has 0 amide bonds. The third-order valence-corrected chi connectivity index (χ3v) is 3.61. The van der Waals surface area contributed by atoms with E-state index in [4.69, 9.17) is 16.3 Å². The number of hydrogen-bond donors (Lipinski definition) is 0. The minimum Gasteiger partial charge on any atom is -0.402 e. The molecule has 0 bridgehead atoms. The maximum Gasteiger partial charge on any atom is 0.346 e. The van der Waals surface area contributed by atoms with Crippen LogP contribution in [0, 0.1) is 6.92 Å². The van der Waals surface area contributed by atoms with Crippen molar-refractivity contribution in [1.82, 2.24) is 10.2 Å². The maximum absolute atomic E-state index is 12.1. The number of hydrogen-bond acceptors (Lipinski definition) is 4. The van der Waals surface area contributed by atoms with Crippen LogP contribution in [0.2, 0.25) is 5.02 Å². The molecular weight excluding hydrogens is 312 g/mol. The summed E-state index contributed by atoms with van der Waals surface area (Å²) in [5.41, 5.74) is 3.13. The van der Waals surface area contributed by atoms with Gasteiger partial charge in [0.15, 0.2) is 0 Å². The van der Waals surface area contributed by atoms with E-state index in [2.05, 4.69) is 10.2 Å². The average molecular weight is 325 g/mol. The van der Waals surface area contributed by atoms with Gasteiger partial charge in [-0.25, -0.2) is 4.79 Å². The van der Waals surface area contributed by atoms with E-state index >= 15 is 0 Å². The van der Waals surface area contributed by atoms with E-state index in [1.54, 1.807) is 36.4 Å². The molecule has 1 heterocycles. The molecule has 0 saturated carbocycles. The third kappa shape index (κ3) is 3.55. The van der Waals surface area contributed by atoms with Crippen molar-refractivity contribution in [1.29, 1.82) is 0 Å². The Balaban J connectivity index is 1.76. The van der Waals surface area contributed by atoms with Gasteiger partial charge in [0.25, 0.3) is 0 Å². The molecule has 23 heavy (non-hydrogen) atoms. The zero-order valence-corrected chi connectivity index (χ0v) is 13.1. The summed E-state index contributed by atoms with van der Waals surface area (Å²) in [5.74, 6) is -0.432. The lowest BCUT2D eigenvalue weighted by Crippen LogP contribution is -2.10. The van der Waals surface area contributed by atoms with Crippen LogP contribution in [0.1, 0.15) is 15.9 Å². The van der Waals surface area contributed by atoms with Crippen molar-refractivity contribution < 1.29 is 9.53 Å². The summed E-state index contributed by atoms with van der Waals surface area (Å²) in [6.45, 7) is 2.02. The Morgan fingerprint density at radius 3 is 2.35 bits per heavy atom. The summed E-state index contributed by atoms with van der Waals surface area (Å²) in [6, 6.07) is 18.0. The van der Waals surface area contributed by atoms with E-state index in [0.717, 1.165) is 5.56 Å². The molecular formula is C18H13ClN2O2. The second-order valence-corrected chi connectivity index (χ2v) is 5.40. The first-order chi connectivity index (χ1) is 11.1. The molecule has 0 radical (unpaired) electrons. The van der Waals surface area contributed by atoms with Crippen molar-refractivity contribution in [3.05, 3.63) is 76.8 Å². The number of aromatic nitrogens is 2. The van der Waals surface area contributed by atoms with Crippen LogP contribution >= 0.6 is 11.6 Å². The normalized spacial score (nSPS) is 10.3. The predicted octanol–water partition coefficient (Wildman–Crippen LogP) is 4.32. The lowest BCUT2D eigenvalue weighted by Gasteiger charge is -2.05. The van der Waals surface area contributed by atoms with E-state index in [1.807, 2.05) is 31.2 Å². The number of carbonyl (C=O) groups is 1. The smallest absolute Gasteiger partial charge is 0.346 e. The molecule has 0 fully saturated rings. The number of ether oxygens (including phenoxy) is 1. The molecule has 0 aliphatic heterocycles. The largest absolute Gasteiger partial charge is 0.402 e. The number of nitrogens with zero attached hydrogens (tertiary/aromatic N) is 2. The van der Waals surface area contributed by atoms with Crippen LogP contribution < -0.4 is 4.74 Å². The summed E-state index contributed by atoms with van der Waals surface area (Å²) in [6.07, 6.45) is 0. The molecule has 0 unspecified atom stereocenters. The van der Waals surface area contributed by atoms with Crippen molar-refractivity contribution in [3.8, 4) is 17.1 Å². The van der Waals surface area contributed by atoms with Gasteiger partial charge in [-0.3, -0.25) is 0 Å². The summed E-state index contributed by atoms with van der Waals surface area (Å²) in [5, 5.41) is 8.36. The number of esters is 1. The second-order valence-electron chi connectivity index (χ2n) is 4.99. The van der Waals surface area contributed by atoms with Crippen molar-refractivity contribution in [2.75, 3.05) is 0 Å². The standard InChI is InChI=1S/C18H13ClN2O2/c1-12-6-8-13(9-7-12)16-10-11-17(21-20-16)23-18(22)14-4-2-3-5-15(14)19/h2-11H,1H3. The molecule has 0 spiro atoms. The van der Waals surface area contributed by atoms with Gasteiger partial charge in [0, 0.05) is 11.6 Å². The highest BCUT2D eigenvalue weighted by molar-refractivity contribution is 6.33. The molecule has 0 aliphatic rings. The van der Waals surface area contributed by atoms with E-state index in [1.165, 1.54) is 5.56 Å². The van der Waals surface area contributed by atoms with Crippen molar-refractivity contribution in [2.24, 2.45) is 0 Å². The zero-order valence-electron chi connectivity index (χ0n) is 12.4. The van der Waals surface area contributed by atoms with Crippen LogP contribution in [-0.2, 0) is 0 Å². The van der Waals surface area contributed by atoms with Crippen molar-refractivity contribution in [3.63, 3.8) is 0 Å². The molecule has 0 saturated heterocycles. The first kappa shape index (κ1) is 15.2. The highest BCUT2D eigenvalue weighted by Gasteiger charge is 2.13. The molecule has 5 heteroatoms. The maximum atomic E-state index is 12.1. The molecule has 2 aromatic carbocycles. The molecule has 0 N–H and O–H groups in total. The molecule has 0 aliphatic carbocycles. The Hall–Kier alpha value is -2.72. The quantitative estimate of drug-likeness (QED) is 0.673. The minimum atomic E-state index is -0.562. The van der Waals surface area contributed by atoms with Gasteiger partial charge in [0.1, 0.15) is 0 Å². The summed E-state index contributed by atoms with van der Waals surface area (Å²) in [4.78, 5) is 12.1. The Morgan fingerprint density at radius 2 is 1.70 bits per heavy atom.